The molecular formula is C27H25NO3. The van der Waals surface area contributed by atoms with Crippen molar-refractivity contribution in [1.82, 2.24) is 0 Å². The number of para-hydroxylation sites is 1. The third kappa shape index (κ3) is 4.07. The van der Waals surface area contributed by atoms with E-state index in [4.69, 9.17) is 0 Å². The maximum absolute atomic E-state index is 13.4. The largest absolute Gasteiger partial charge is 0.375 e. The quantitative estimate of drug-likeness (QED) is 0.598. The van der Waals surface area contributed by atoms with Crippen molar-refractivity contribution < 1.29 is 14.7 Å². The zero-order valence-corrected chi connectivity index (χ0v) is 17.7. The molecule has 0 saturated heterocycles. The summed E-state index contributed by atoms with van der Waals surface area (Å²) in [5.41, 5.74) is 3.39. The molecule has 0 aromatic heterocycles. The molecule has 1 amide bonds. The maximum atomic E-state index is 13.4. The van der Waals surface area contributed by atoms with Gasteiger partial charge in [0, 0.05) is 5.56 Å². The SMILES string of the molecule is Cc1ccc(CN2C(=O)[C@@](O)(CC(=O)/C=C\c3ccccc3)c3ccccc32)c(C)c1. The smallest absolute Gasteiger partial charge is 0.264 e. The zero-order valence-electron chi connectivity index (χ0n) is 17.7. The Balaban J connectivity index is 1.61. The molecule has 0 saturated carbocycles. The minimum atomic E-state index is -1.87. The molecule has 4 heteroatoms. The molecule has 4 rings (SSSR count). The first-order chi connectivity index (χ1) is 14.9. The fourth-order valence-corrected chi connectivity index (χ4v) is 4.09. The van der Waals surface area contributed by atoms with Crippen LogP contribution in [0.25, 0.3) is 6.08 Å². The highest BCUT2D eigenvalue weighted by Crippen LogP contribution is 2.43. The monoisotopic (exact) mass is 411 g/mol. The number of aliphatic hydroxyl groups is 1. The number of ketones is 1. The molecule has 1 aliphatic rings. The van der Waals surface area contributed by atoms with Gasteiger partial charge in [-0.15, -0.1) is 0 Å². The fourth-order valence-electron chi connectivity index (χ4n) is 4.09. The molecule has 0 bridgehead atoms. The van der Waals surface area contributed by atoms with Crippen molar-refractivity contribution in [2.24, 2.45) is 0 Å². The van der Waals surface area contributed by atoms with Crippen LogP contribution in [0.4, 0.5) is 5.69 Å². The summed E-state index contributed by atoms with van der Waals surface area (Å²) in [6.45, 7) is 4.39. The van der Waals surface area contributed by atoms with Gasteiger partial charge in [-0.2, -0.15) is 0 Å². The van der Waals surface area contributed by atoms with Crippen LogP contribution in [0, 0.1) is 13.8 Å². The second-order valence-electron chi connectivity index (χ2n) is 8.09. The first-order valence-electron chi connectivity index (χ1n) is 10.3. The first kappa shape index (κ1) is 20.8. The predicted octanol–water partition coefficient (Wildman–Crippen LogP) is 4.71. The highest BCUT2D eigenvalue weighted by Gasteiger charge is 2.50. The molecule has 1 N–H and O–H groups in total. The van der Waals surface area contributed by atoms with E-state index in [-0.39, 0.29) is 12.2 Å². The summed E-state index contributed by atoms with van der Waals surface area (Å²) >= 11 is 0. The molecule has 0 aliphatic carbocycles. The number of hydrogen-bond donors (Lipinski definition) is 1. The van der Waals surface area contributed by atoms with Crippen LogP contribution >= 0.6 is 0 Å². The number of rotatable bonds is 6. The van der Waals surface area contributed by atoms with E-state index in [0.717, 1.165) is 22.3 Å². The van der Waals surface area contributed by atoms with Gasteiger partial charge < -0.3 is 10.0 Å². The minimum Gasteiger partial charge on any atom is -0.375 e. The van der Waals surface area contributed by atoms with Gasteiger partial charge in [-0.25, -0.2) is 0 Å². The van der Waals surface area contributed by atoms with E-state index in [1.54, 1.807) is 23.1 Å². The fraction of sp³-hybridized carbons (Fsp3) is 0.185. The van der Waals surface area contributed by atoms with Gasteiger partial charge in [-0.1, -0.05) is 78.4 Å². The van der Waals surface area contributed by atoms with Crippen molar-refractivity contribution >= 4 is 23.5 Å². The van der Waals surface area contributed by atoms with Gasteiger partial charge in [0.2, 0.25) is 0 Å². The summed E-state index contributed by atoms with van der Waals surface area (Å²) in [7, 11) is 0. The number of amides is 1. The summed E-state index contributed by atoms with van der Waals surface area (Å²) in [4.78, 5) is 27.6. The van der Waals surface area contributed by atoms with E-state index < -0.39 is 11.5 Å². The van der Waals surface area contributed by atoms with Crippen LogP contribution in [0.1, 0.15) is 34.2 Å². The van der Waals surface area contributed by atoms with E-state index in [2.05, 4.69) is 6.07 Å². The maximum Gasteiger partial charge on any atom is 0.264 e. The van der Waals surface area contributed by atoms with Crippen molar-refractivity contribution in [1.29, 1.82) is 0 Å². The number of anilines is 1. The van der Waals surface area contributed by atoms with Gasteiger partial charge in [0.15, 0.2) is 11.4 Å². The Morgan fingerprint density at radius 3 is 2.45 bits per heavy atom. The highest BCUT2D eigenvalue weighted by atomic mass is 16.3. The number of fused-ring (bicyclic) bond motifs is 1. The molecule has 4 nitrogen and oxygen atoms in total. The van der Waals surface area contributed by atoms with Crippen LogP contribution in [0.2, 0.25) is 0 Å². The number of nitrogens with zero attached hydrogens (tertiary/aromatic N) is 1. The molecule has 3 aromatic carbocycles. The molecular weight excluding hydrogens is 386 g/mol. The van der Waals surface area contributed by atoms with E-state index in [9.17, 15) is 14.7 Å². The Labute approximate surface area is 182 Å². The van der Waals surface area contributed by atoms with Crippen molar-refractivity contribution in [2.75, 3.05) is 4.90 Å². The molecule has 0 radical (unpaired) electrons. The van der Waals surface area contributed by atoms with E-state index in [1.807, 2.05) is 68.4 Å². The molecule has 31 heavy (non-hydrogen) atoms. The van der Waals surface area contributed by atoms with Crippen molar-refractivity contribution in [3.63, 3.8) is 0 Å². The number of carbonyl (C=O) groups is 2. The Morgan fingerprint density at radius 1 is 1.00 bits per heavy atom. The van der Waals surface area contributed by atoms with E-state index in [0.29, 0.717) is 17.8 Å². The lowest BCUT2D eigenvalue weighted by Crippen LogP contribution is -2.41. The summed E-state index contributed by atoms with van der Waals surface area (Å²) in [6, 6.07) is 22.7. The second-order valence-corrected chi connectivity index (χ2v) is 8.09. The number of aryl methyl sites for hydroxylation is 2. The van der Waals surface area contributed by atoms with Gasteiger partial charge in [0.05, 0.1) is 18.7 Å². The Kier molecular flexibility index (Phi) is 5.57. The topological polar surface area (TPSA) is 57.6 Å². The number of benzene rings is 3. The third-order valence-electron chi connectivity index (χ3n) is 5.76. The summed E-state index contributed by atoms with van der Waals surface area (Å²) in [5, 5.41) is 11.4. The van der Waals surface area contributed by atoms with Gasteiger partial charge in [-0.3, -0.25) is 9.59 Å². The molecule has 156 valence electrons. The van der Waals surface area contributed by atoms with Crippen LogP contribution in [-0.2, 0) is 21.7 Å². The molecule has 1 atom stereocenters. The van der Waals surface area contributed by atoms with Crippen molar-refractivity contribution in [3.8, 4) is 0 Å². The van der Waals surface area contributed by atoms with Crippen molar-refractivity contribution in [3.05, 3.63) is 107 Å². The number of carbonyl (C=O) groups excluding carboxylic acids is 2. The van der Waals surface area contributed by atoms with E-state index in [1.165, 1.54) is 6.08 Å². The molecule has 3 aromatic rings. The number of hydrogen-bond acceptors (Lipinski definition) is 3. The molecule has 0 spiro atoms. The normalized spacial score (nSPS) is 17.9. The van der Waals surface area contributed by atoms with Crippen molar-refractivity contribution in [2.45, 2.75) is 32.4 Å². The highest BCUT2D eigenvalue weighted by molar-refractivity contribution is 6.10. The second kappa shape index (κ2) is 8.32. The lowest BCUT2D eigenvalue weighted by atomic mass is 9.89. The Hall–Kier alpha value is -3.50. The standard InChI is InChI=1S/C27H25NO3/c1-19-12-14-22(20(2)16-19)18-28-25-11-7-6-10-24(25)27(31,26(28)30)17-23(29)15-13-21-8-4-3-5-9-21/h3-16,31H,17-18H2,1-2H3/b15-13-/t27-/m1/s1. The summed E-state index contributed by atoms with van der Waals surface area (Å²) < 4.78 is 0. The van der Waals surface area contributed by atoms with Gasteiger partial charge in [0.25, 0.3) is 5.91 Å². The van der Waals surface area contributed by atoms with Crippen LogP contribution in [0.5, 0.6) is 0 Å². The minimum absolute atomic E-state index is 0.296. The average Bonchev–Trinajstić information content (AvgIpc) is 2.97. The van der Waals surface area contributed by atoms with Crippen LogP contribution in [0.15, 0.2) is 78.9 Å². The van der Waals surface area contributed by atoms with E-state index >= 15 is 0 Å². The molecule has 0 unspecified atom stereocenters. The van der Waals surface area contributed by atoms with Gasteiger partial charge in [-0.05, 0) is 42.7 Å². The average molecular weight is 412 g/mol. The third-order valence-corrected chi connectivity index (χ3v) is 5.76. The molecule has 1 heterocycles. The van der Waals surface area contributed by atoms with Crippen LogP contribution in [-0.4, -0.2) is 16.8 Å². The Bertz CT molecular complexity index is 1170. The first-order valence-corrected chi connectivity index (χ1v) is 10.3. The molecule has 1 aliphatic heterocycles. The summed E-state index contributed by atoms with van der Waals surface area (Å²) in [5.74, 6) is -0.766. The predicted molar refractivity (Wildman–Crippen MR) is 123 cm³/mol. The lowest BCUT2D eigenvalue weighted by Gasteiger charge is -2.23. The van der Waals surface area contributed by atoms with Gasteiger partial charge >= 0.3 is 0 Å². The van der Waals surface area contributed by atoms with Crippen LogP contribution in [0.3, 0.4) is 0 Å². The number of allylic oxidation sites excluding steroid dienone is 1. The van der Waals surface area contributed by atoms with Gasteiger partial charge in [0.1, 0.15) is 0 Å². The zero-order chi connectivity index (χ0) is 22.0. The lowest BCUT2D eigenvalue weighted by molar-refractivity contribution is -0.140. The van der Waals surface area contributed by atoms with Crippen LogP contribution < -0.4 is 4.90 Å². The Morgan fingerprint density at radius 2 is 1.71 bits per heavy atom. The molecule has 0 fully saturated rings. The summed E-state index contributed by atoms with van der Waals surface area (Å²) in [6.07, 6.45) is 2.83.